The fourth-order valence-corrected chi connectivity index (χ4v) is 7.45. The third-order valence-electron chi connectivity index (χ3n) is 10.2. The molecule has 340 valence electrons. The summed E-state index contributed by atoms with van der Waals surface area (Å²) < 4.78 is 5.49. The zero-order valence-electron chi connectivity index (χ0n) is 37.0. The van der Waals surface area contributed by atoms with Crippen molar-refractivity contribution in [2.45, 2.75) is 129 Å². The van der Waals surface area contributed by atoms with Crippen molar-refractivity contribution in [1.82, 2.24) is 31.1 Å². The first-order valence-corrected chi connectivity index (χ1v) is 22.1. The minimum atomic E-state index is -1.06. The van der Waals surface area contributed by atoms with Crippen LogP contribution in [0, 0.1) is 17.8 Å². The third kappa shape index (κ3) is 17.0. The molecule has 0 spiro atoms. The third-order valence-corrected chi connectivity index (χ3v) is 11.2. The maximum atomic E-state index is 13.6. The van der Waals surface area contributed by atoms with E-state index in [4.69, 9.17) is 10.5 Å². The number of benzene rings is 1. The first-order valence-electron chi connectivity index (χ1n) is 20.8. The van der Waals surface area contributed by atoms with Crippen molar-refractivity contribution < 1.29 is 47.9 Å². The predicted molar refractivity (Wildman–Crippen MR) is 232 cm³/mol. The smallest absolute Gasteiger partial charge is 0.410 e. The number of primary amides is 1. The van der Waals surface area contributed by atoms with Crippen LogP contribution in [0.1, 0.15) is 99.0 Å². The number of likely N-dealkylation sites (tertiary alicyclic amines) is 1. The summed E-state index contributed by atoms with van der Waals surface area (Å²) in [7, 11) is 1.45. The lowest BCUT2D eigenvalue weighted by atomic mass is 9.97. The van der Waals surface area contributed by atoms with Gasteiger partial charge in [-0.25, -0.2) is 9.59 Å². The molecule has 1 aliphatic rings. The standard InChI is InChI=1S/C42H66N8O10S/c1-24(2)34(27(7)51)48-39(56)36(26(5)6)49(8)42(59)60-23-28-16-18-29(19-17-28)45-37(54)30(14-13-20-44-41(43)58)46-38(55)35(25(3)4)47-32(52)15-11-10-12-21-50-33(53)22-31(61-9)40(50)57/h16-19,24-26,30-31,34-36H,10-15,20-23H2,1-9H3,(H,45,54)(H,46,55)(H,47,52)(H,48,56)(H3,43,44,58)/t30-,31?,34-,35?,36?/m0/s1. The number of amides is 9. The van der Waals surface area contributed by atoms with Gasteiger partial charge in [-0.1, -0.05) is 60.1 Å². The van der Waals surface area contributed by atoms with Crippen molar-refractivity contribution in [2.24, 2.45) is 23.5 Å². The van der Waals surface area contributed by atoms with E-state index in [1.54, 1.807) is 58.2 Å². The van der Waals surface area contributed by atoms with Crippen LogP contribution in [-0.2, 0) is 44.9 Å². The lowest BCUT2D eigenvalue weighted by molar-refractivity contribution is -0.138. The average molecular weight is 875 g/mol. The summed E-state index contributed by atoms with van der Waals surface area (Å²) in [5.74, 6) is -3.25. The number of thioether (sulfide) groups is 1. The number of ketones is 1. The number of Topliss-reactive ketones (excluding diaryl/α,β-unsaturated/α-hetero) is 1. The number of unbranched alkanes of at least 4 members (excludes halogenated alkanes) is 2. The molecular weight excluding hydrogens is 809 g/mol. The van der Waals surface area contributed by atoms with Gasteiger partial charge in [0, 0.05) is 38.7 Å². The molecule has 2 rings (SSSR count). The first kappa shape index (κ1) is 51.9. The monoisotopic (exact) mass is 874 g/mol. The van der Waals surface area contributed by atoms with Gasteiger partial charge in [0.15, 0.2) is 5.78 Å². The molecule has 19 heteroatoms. The summed E-state index contributed by atoms with van der Waals surface area (Å²) in [6, 6.07) is 2.12. The van der Waals surface area contributed by atoms with Gasteiger partial charge in [-0.3, -0.25) is 43.4 Å². The van der Waals surface area contributed by atoms with E-state index < -0.39 is 54.0 Å². The maximum absolute atomic E-state index is 13.6. The number of likely N-dealkylation sites (N-methyl/N-ethyl adjacent to an activating group) is 1. The fraction of sp³-hybridized carbons (Fsp3) is 0.643. The molecule has 0 aliphatic carbocycles. The number of rotatable bonds is 25. The minimum absolute atomic E-state index is 0.122. The van der Waals surface area contributed by atoms with Crippen LogP contribution in [0.15, 0.2) is 24.3 Å². The van der Waals surface area contributed by atoms with Gasteiger partial charge in [-0.05, 0) is 74.3 Å². The van der Waals surface area contributed by atoms with Crippen LogP contribution in [0.3, 0.4) is 0 Å². The van der Waals surface area contributed by atoms with Crippen molar-refractivity contribution in [3.63, 3.8) is 0 Å². The van der Waals surface area contributed by atoms with Gasteiger partial charge in [0.05, 0.1) is 11.3 Å². The number of hydrogen-bond donors (Lipinski definition) is 6. The van der Waals surface area contributed by atoms with Crippen LogP contribution in [0.25, 0.3) is 0 Å². The van der Waals surface area contributed by atoms with Crippen LogP contribution >= 0.6 is 11.8 Å². The summed E-state index contributed by atoms with van der Waals surface area (Å²) in [4.78, 5) is 116. The molecule has 1 saturated heterocycles. The second-order valence-corrected chi connectivity index (χ2v) is 17.3. The minimum Gasteiger partial charge on any atom is -0.445 e. The van der Waals surface area contributed by atoms with Crippen LogP contribution in [0.5, 0.6) is 0 Å². The highest BCUT2D eigenvalue weighted by molar-refractivity contribution is 8.00. The van der Waals surface area contributed by atoms with Crippen molar-refractivity contribution in [3.05, 3.63) is 29.8 Å². The molecule has 9 amide bonds. The van der Waals surface area contributed by atoms with Crippen molar-refractivity contribution in [1.29, 1.82) is 0 Å². The summed E-state index contributed by atoms with van der Waals surface area (Å²) in [6.45, 7) is 12.5. The number of imide groups is 1. The molecule has 0 saturated carbocycles. The predicted octanol–water partition coefficient (Wildman–Crippen LogP) is 3.07. The van der Waals surface area contributed by atoms with Gasteiger partial charge >= 0.3 is 12.1 Å². The van der Waals surface area contributed by atoms with E-state index in [1.165, 1.54) is 35.5 Å². The van der Waals surface area contributed by atoms with Gasteiger partial charge in [0.25, 0.3) is 0 Å². The van der Waals surface area contributed by atoms with E-state index in [1.807, 2.05) is 13.8 Å². The summed E-state index contributed by atoms with van der Waals surface area (Å²) in [6.07, 6.45) is 3.43. The number of carbonyl (C=O) groups excluding carboxylic acids is 9. The van der Waals surface area contributed by atoms with Gasteiger partial charge in [-0.2, -0.15) is 11.8 Å². The number of nitrogens with one attached hydrogen (secondary N) is 5. The summed E-state index contributed by atoms with van der Waals surface area (Å²) >= 11 is 1.36. The number of ether oxygens (including phenoxy) is 1. The molecule has 0 aromatic heterocycles. The summed E-state index contributed by atoms with van der Waals surface area (Å²) in [5.41, 5.74) is 6.15. The van der Waals surface area contributed by atoms with Crippen LogP contribution < -0.4 is 32.3 Å². The number of nitrogens with zero attached hydrogens (tertiary/aromatic N) is 2. The van der Waals surface area contributed by atoms with Crippen molar-refractivity contribution in [3.8, 4) is 0 Å². The lowest BCUT2D eigenvalue weighted by Crippen LogP contribution is -2.55. The van der Waals surface area contributed by atoms with Gasteiger partial charge in [0.2, 0.25) is 35.4 Å². The average Bonchev–Trinajstić information content (AvgIpc) is 3.46. The molecule has 5 atom stereocenters. The second kappa shape index (κ2) is 25.5. The maximum Gasteiger partial charge on any atom is 0.410 e. The Morgan fingerprint density at radius 3 is 2.02 bits per heavy atom. The van der Waals surface area contributed by atoms with E-state index >= 15 is 0 Å². The number of hydrogen-bond acceptors (Lipinski definition) is 11. The number of carbonyl (C=O) groups is 9. The molecule has 1 aromatic carbocycles. The Balaban J connectivity index is 2.01. The highest BCUT2D eigenvalue weighted by Crippen LogP contribution is 2.23. The molecule has 1 heterocycles. The van der Waals surface area contributed by atoms with E-state index in [9.17, 15) is 43.2 Å². The largest absolute Gasteiger partial charge is 0.445 e. The number of anilines is 1. The van der Waals surface area contributed by atoms with Gasteiger partial charge in [-0.15, -0.1) is 0 Å². The highest BCUT2D eigenvalue weighted by Gasteiger charge is 2.38. The van der Waals surface area contributed by atoms with Crippen LogP contribution in [-0.4, -0.2) is 119 Å². The lowest BCUT2D eigenvalue weighted by Gasteiger charge is -2.31. The topological polar surface area (TPSA) is 256 Å². The van der Waals surface area contributed by atoms with E-state index in [2.05, 4.69) is 26.6 Å². The Morgan fingerprint density at radius 2 is 1.48 bits per heavy atom. The molecular formula is C42H66N8O10S. The van der Waals surface area contributed by atoms with Crippen molar-refractivity contribution in [2.75, 3.05) is 31.7 Å². The Bertz CT molecular complexity index is 1710. The molecule has 1 aliphatic heterocycles. The Labute approximate surface area is 363 Å². The zero-order chi connectivity index (χ0) is 46.0. The van der Waals surface area contributed by atoms with Gasteiger partial charge in [0.1, 0.15) is 24.7 Å². The molecule has 0 bridgehead atoms. The number of urea groups is 1. The Morgan fingerprint density at radius 1 is 0.836 bits per heavy atom. The molecule has 1 aromatic rings. The van der Waals surface area contributed by atoms with E-state index in [0.29, 0.717) is 43.5 Å². The van der Waals surface area contributed by atoms with E-state index in [0.717, 1.165) is 0 Å². The molecule has 0 radical (unpaired) electrons. The Hall–Kier alpha value is -5.20. The van der Waals surface area contributed by atoms with Crippen molar-refractivity contribution >= 4 is 70.8 Å². The molecule has 18 nitrogen and oxygen atoms in total. The normalized spacial score (nSPS) is 15.8. The van der Waals surface area contributed by atoms with Crippen LogP contribution in [0.2, 0.25) is 0 Å². The SMILES string of the molecule is CSC1CC(=O)N(CCCCCC(=O)NC(C(=O)N[C@@H](CCCNC(N)=O)C(=O)Nc2ccc(COC(=O)N(C)C(C(=O)N[C@H](C(C)=O)C(C)C)C(C)C)cc2)C(C)C)C1=O. The molecule has 61 heavy (non-hydrogen) atoms. The molecule has 7 N–H and O–H groups in total. The molecule has 1 fully saturated rings. The van der Waals surface area contributed by atoms with Gasteiger partial charge < -0.3 is 37.1 Å². The second-order valence-electron chi connectivity index (χ2n) is 16.3. The number of nitrogens with two attached hydrogens (primary N) is 1. The fourth-order valence-electron chi connectivity index (χ4n) is 6.81. The first-order chi connectivity index (χ1) is 28.7. The Kier molecular flexibility index (Phi) is 21.8. The molecule has 3 unspecified atom stereocenters. The highest BCUT2D eigenvalue weighted by atomic mass is 32.2. The quantitative estimate of drug-likeness (QED) is 0.0615. The zero-order valence-corrected chi connectivity index (χ0v) is 37.8. The van der Waals surface area contributed by atoms with Crippen LogP contribution in [0.4, 0.5) is 15.3 Å². The summed E-state index contributed by atoms with van der Waals surface area (Å²) in [5, 5.41) is 13.2. The van der Waals surface area contributed by atoms with E-state index in [-0.39, 0.29) is 78.9 Å².